The van der Waals surface area contributed by atoms with Crippen LogP contribution < -0.4 is 5.32 Å². The second-order valence-corrected chi connectivity index (χ2v) is 6.50. The molecular formula is C17H35NO3. The van der Waals surface area contributed by atoms with E-state index >= 15 is 0 Å². The standard InChI is InChI=1S/C17H35NO3/c1-5-18-14-17(21-13-12-20-11-10-19-4)8-6-16(7-9-17)15(2)3/h15-16,18H,5-14H2,1-4H3. The molecule has 0 bridgehead atoms. The van der Waals surface area contributed by atoms with Gasteiger partial charge in [0.2, 0.25) is 0 Å². The van der Waals surface area contributed by atoms with Crippen LogP contribution in [0, 0.1) is 11.8 Å². The van der Waals surface area contributed by atoms with E-state index in [4.69, 9.17) is 14.2 Å². The molecule has 0 atom stereocenters. The Labute approximate surface area is 130 Å². The molecule has 1 fully saturated rings. The molecule has 21 heavy (non-hydrogen) atoms. The predicted octanol–water partition coefficient (Wildman–Crippen LogP) is 2.86. The first-order valence-corrected chi connectivity index (χ1v) is 8.55. The second-order valence-electron chi connectivity index (χ2n) is 6.50. The van der Waals surface area contributed by atoms with Crippen molar-refractivity contribution in [3.8, 4) is 0 Å². The van der Waals surface area contributed by atoms with Gasteiger partial charge in [0.1, 0.15) is 0 Å². The molecule has 0 aromatic carbocycles. The molecule has 1 saturated carbocycles. The van der Waals surface area contributed by atoms with Crippen molar-refractivity contribution in [2.24, 2.45) is 11.8 Å². The monoisotopic (exact) mass is 301 g/mol. The summed E-state index contributed by atoms with van der Waals surface area (Å²) < 4.78 is 16.7. The van der Waals surface area contributed by atoms with Gasteiger partial charge in [-0.1, -0.05) is 20.8 Å². The molecule has 126 valence electrons. The zero-order chi connectivity index (χ0) is 15.6. The molecule has 1 aliphatic rings. The number of methoxy groups -OCH3 is 1. The highest BCUT2D eigenvalue weighted by atomic mass is 16.5. The lowest BCUT2D eigenvalue weighted by molar-refractivity contribution is -0.0966. The molecule has 0 aliphatic heterocycles. The number of hydrogen-bond donors (Lipinski definition) is 1. The Morgan fingerprint density at radius 2 is 1.76 bits per heavy atom. The third kappa shape index (κ3) is 7.09. The number of hydrogen-bond acceptors (Lipinski definition) is 4. The molecule has 0 heterocycles. The Morgan fingerprint density at radius 3 is 2.33 bits per heavy atom. The van der Waals surface area contributed by atoms with E-state index in [0.717, 1.165) is 24.9 Å². The third-order valence-corrected chi connectivity index (χ3v) is 4.65. The summed E-state index contributed by atoms with van der Waals surface area (Å²) in [4.78, 5) is 0. The summed E-state index contributed by atoms with van der Waals surface area (Å²) in [6.07, 6.45) is 4.91. The number of likely N-dealkylation sites (N-methyl/N-ethyl adjacent to an activating group) is 1. The fourth-order valence-electron chi connectivity index (χ4n) is 3.12. The van der Waals surface area contributed by atoms with E-state index in [2.05, 4.69) is 26.1 Å². The average Bonchev–Trinajstić information content (AvgIpc) is 2.49. The Balaban J connectivity index is 2.33. The SMILES string of the molecule is CCNCC1(OCCOCCOC)CCC(C(C)C)CC1. The van der Waals surface area contributed by atoms with E-state index in [0.29, 0.717) is 26.4 Å². The van der Waals surface area contributed by atoms with Crippen molar-refractivity contribution in [2.75, 3.05) is 46.6 Å². The maximum atomic E-state index is 6.25. The van der Waals surface area contributed by atoms with Crippen LogP contribution in [0.2, 0.25) is 0 Å². The van der Waals surface area contributed by atoms with Crippen LogP contribution in [0.4, 0.5) is 0 Å². The minimum absolute atomic E-state index is 0.0199. The van der Waals surface area contributed by atoms with Crippen molar-refractivity contribution in [1.29, 1.82) is 0 Å². The van der Waals surface area contributed by atoms with Crippen LogP contribution in [0.15, 0.2) is 0 Å². The van der Waals surface area contributed by atoms with Crippen LogP contribution in [-0.2, 0) is 14.2 Å². The minimum Gasteiger partial charge on any atom is -0.382 e. The van der Waals surface area contributed by atoms with Crippen molar-refractivity contribution < 1.29 is 14.2 Å². The lowest BCUT2D eigenvalue weighted by atomic mass is 9.74. The van der Waals surface area contributed by atoms with Crippen LogP contribution >= 0.6 is 0 Å². The summed E-state index contributed by atoms with van der Waals surface area (Å²) in [6.45, 7) is 11.4. The zero-order valence-corrected chi connectivity index (χ0v) is 14.5. The zero-order valence-electron chi connectivity index (χ0n) is 14.5. The molecule has 0 amide bonds. The Morgan fingerprint density at radius 1 is 1.10 bits per heavy atom. The van der Waals surface area contributed by atoms with Crippen LogP contribution in [0.3, 0.4) is 0 Å². The van der Waals surface area contributed by atoms with Crippen molar-refractivity contribution >= 4 is 0 Å². The van der Waals surface area contributed by atoms with Crippen molar-refractivity contribution in [3.05, 3.63) is 0 Å². The largest absolute Gasteiger partial charge is 0.382 e. The Bertz CT molecular complexity index is 250. The summed E-state index contributed by atoms with van der Waals surface area (Å²) in [5.41, 5.74) is 0.0199. The lowest BCUT2D eigenvalue weighted by Gasteiger charge is -2.41. The minimum atomic E-state index is 0.0199. The van der Waals surface area contributed by atoms with E-state index in [1.807, 2.05) is 0 Å². The van der Waals surface area contributed by atoms with E-state index in [1.54, 1.807) is 7.11 Å². The highest BCUT2D eigenvalue weighted by Gasteiger charge is 2.36. The molecule has 4 heteroatoms. The van der Waals surface area contributed by atoms with Crippen molar-refractivity contribution in [3.63, 3.8) is 0 Å². The highest BCUT2D eigenvalue weighted by Crippen LogP contribution is 2.37. The number of nitrogens with one attached hydrogen (secondary N) is 1. The van der Waals surface area contributed by atoms with Gasteiger partial charge in [-0.05, 0) is 44.1 Å². The van der Waals surface area contributed by atoms with E-state index in [1.165, 1.54) is 25.7 Å². The van der Waals surface area contributed by atoms with Crippen molar-refractivity contribution in [1.82, 2.24) is 5.32 Å². The normalized spacial score (nSPS) is 26.4. The summed E-state index contributed by atoms with van der Waals surface area (Å²) in [6, 6.07) is 0. The molecule has 1 aliphatic carbocycles. The van der Waals surface area contributed by atoms with Crippen LogP contribution in [0.5, 0.6) is 0 Å². The third-order valence-electron chi connectivity index (χ3n) is 4.65. The number of rotatable bonds is 11. The first kappa shape index (κ1) is 18.9. The Kier molecular flexibility index (Phi) is 9.49. The van der Waals surface area contributed by atoms with Gasteiger partial charge in [0, 0.05) is 13.7 Å². The topological polar surface area (TPSA) is 39.7 Å². The van der Waals surface area contributed by atoms with Crippen LogP contribution in [0.25, 0.3) is 0 Å². The fraction of sp³-hybridized carbons (Fsp3) is 1.00. The predicted molar refractivity (Wildman–Crippen MR) is 86.7 cm³/mol. The van der Waals surface area contributed by atoms with E-state index in [-0.39, 0.29) is 5.60 Å². The van der Waals surface area contributed by atoms with Crippen LogP contribution in [-0.4, -0.2) is 52.2 Å². The molecule has 0 aromatic rings. The highest BCUT2D eigenvalue weighted by molar-refractivity contribution is 4.90. The van der Waals surface area contributed by atoms with Gasteiger partial charge >= 0.3 is 0 Å². The van der Waals surface area contributed by atoms with Gasteiger partial charge in [-0.3, -0.25) is 0 Å². The molecule has 4 nitrogen and oxygen atoms in total. The van der Waals surface area contributed by atoms with Gasteiger partial charge in [-0.2, -0.15) is 0 Å². The van der Waals surface area contributed by atoms with E-state index < -0.39 is 0 Å². The summed E-state index contributed by atoms with van der Waals surface area (Å²) in [5, 5.41) is 3.48. The smallest absolute Gasteiger partial charge is 0.0807 e. The lowest BCUT2D eigenvalue weighted by Crippen LogP contribution is -2.47. The van der Waals surface area contributed by atoms with Gasteiger partial charge < -0.3 is 19.5 Å². The first-order chi connectivity index (χ1) is 10.1. The van der Waals surface area contributed by atoms with E-state index in [9.17, 15) is 0 Å². The summed E-state index contributed by atoms with van der Waals surface area (Å²) in [5.74, 6) is 1.65. The molecule has 0 aromatic heterocycles. The fourth-order valence-corrected chi connectivity index (χ4v) is 3.12. The van der Waals surface area contributed by atoms with Gasteiger partial charge in [0.15, 0.2) is 0 Å². The maximum absolute atomic E-state index is 6.25. The molecule has 0 radical (unpaired) electrons. The van der Waals surface area contributed by atoms with Gasteiger partial charge in [0.25, 0.3) is 0 Å². The van der Waals surface area contributed by atoms with Crippen LogP contribution in [0.1, 0.15) is 46.5 Å². The Hall–Kier alpha value is -0.160. The summed E-state index contributed by atoms with van der Waals surface area (Å²) >= 11 is 0. The molecule has 1 N–H and O–H groups in total. The molecular weight excluding hydrogens is 266 g/mol. The van der Waals surface area contributed by atoms with Gasteiger partial charge in [-0.25, -0.2) is 0 Å². The van der Waals surface area contributed by atoms with Crippen molar-refractivity contribution in [2.45, 2.75) is 52.1 Å². The second kappa shape index (κ2) is 10.5. The first-order valence-electron chi connectivity index (χ1n) is 8.55. The van der Waals surface area contributed by atoms with Gasteiger partial charge in [0.05, 0.1) is 32.0 Å². The average molecular weight is 301 g/mol. The molecule has 1 rings (SSSR count). The van der Waals surface area contributed by atoms with Gasteiger partial charge in [-0.15, -0.1) is 0 Å². The maximum Gasteiger partial charge on any atom is 0.0807 e. The summed E-state index contributed by atoms with van der Waals surface area (Å²) in [7, 11) is 1.69. The molecule has 0 saturated heterocycles. The molecule has 0 spiro atoms. The molecule has 0 unspecified atom stereocenters. The number of ether oxygens (including phenoxy) is 3. The quantitative estimate of drug-likeness (QED) is 0.596.